The molecule has 3 nitrogen and oxygen atoms in total. The molecular weight excluding hydrogens is 238 g/mol. The Morgan fingerprint density at radius 1 is 1.32 bits per heavy atom. The molecule has 1 N–H and O–H groups in total. The van der Waals surface area contributed by atoms with Gasteiger partial charge < -0.3 is 10.1 Å². The van der Waals surface area contributed by atoms with Crippen LogP contribution < -0.4 is 5.32 Å². The molecule has 3 heteroatoms. The molecule has 1 amide bonds. The summed E-state index contributed by atoms with van der Waals surface area (Å²) in [6.07, 6.45) is 1.42. The molecule has 0 fully saturated rings. The van der Waals surface area contributed by atoms with Gasteiger partial charge >= 0.3 is 6.09 Å². The second-order valence-corrected chi connectivity index (χ2v) is 5.63. The van der Waals surface area contributed by atoms with E-state index >= 15 is 0 Å². The lowest BCUT2D eigenvalue weighted by atomic mass is 9.95. The van der Waals surface area contributed by atoms with Gasteiger partial charge in [0.25, 0.3) is 0 Å². The minimum Gasteiger partial charge on any atom is -0.444 e. The van der Waals surface area contributed by atoms with Crippen LogP contribution in [0.5, 0.6) is 0 Å². The highest BCUT2D eigenvalue weighted by atomic mass is 16.6. The van der Waals surface area contributed by atoms with Gasteiger partial charge in [0, 0.05) is 0 Å². The molecule has 0 aliphatic carbocycles. The maximum absolute atomic E-state index is 11.9. The van der Waals surface area contributed by atoms with E-state index in [2.05, 4.69) is 11.9 Å². The van der Waals surface area contributed by atoms with E-state index in [9.17, 15) is 4.79 Å². The van der Waals surface area contributed by atoms with Gasteiger partial charge in [0.1, 0.15) is 5.60 Å². The van der Waals surface area contributed by atoms with Crippen molar-refractivity contribution in [2.24, 2.45) is 5.92 Å². The Morgan fingerprint density at radius 2 is 1.89 bits per heavy atom. The molecule has 1 aromatic carbocycles. The Labute approximate surface area is 115 Å². The van der Waals surface area contributed by atoms with Gasteiger partial charge in [0.2, 0.25) is 0 Å². The number of alkyl carbamates (subject to hydrolysis) is 1. The monoisotopic (exact) mass is 261 g/mol. The van der Waals surface area contributed by atoms with Gasteiger partial charge in [-0.2, -0.15) is 0 Å². The van der Waals surface area contributed by atoms with E-state index in [4.69, 9.17) is 4.74 Å². The quantitative estimate of drug-likeness (QED) is 0.829. The number of hydrogen-bond donors (Lipinski definition) is 1. The van der Waals surface area contributed by atoms with Gasteiger partial charge in [-0.1, -0.05) is 43.3 Å². The highest BCUT2D eigenvalue weighted by molar-refractivity contribution is 5.68. The van der Waals surface area contributed by atoms with E-state index in [0.717, 1.165) is 5.56 Å². The number of amides is 1. The van der Waals surface area contributed by atoms with Crippen molar-refractivity contribution in [1.29, 1.82) is 0 Å². The lowest BCUT2D eigenvalue weighted by molar-refractivity contribution is 0.0493. The number of nitrogens with one attached hydrogen (secondary N) is 1. The number of hydrogen-bond acceptors (Lipinski definition) is 2. The molecule has 0 unspecified atom stereocenters. The van der Waals surface area contributed by atoms with Crippen LogP contribution in [0.3, 0.4) is 0 Å². The Hall–Kier alpha value is -1.77. The molecule has 0 aliphatic rings. The molecule has 0 radical (unpaired) electrons. The third-order valence-electron chi connectivity index (χ3n) is 2.73. The summed E-state index contributed by atoms with van der Waals surface area (Å²) in [5, 5.41) is 2.91. The normalized spacial score (nSPS) is 14.3. The van der Waals surface area contributed by atoms with Crippen molar-refractivity contribution in [3.8, 4) is 0 Å². The van der Waals surface area contributed by atoms with Gasteiger partial charge in [-0.05, 0) is 32.3 Å². The molecule has 2 atom stereocenters. The van der Waals surface area contributed by atoms with Crippen LogP contribution in [0, 0.1) is 5.92 Å². The maximum Gasteiger partial charge on any atom is 0.408 e. The lowest BCUT2D eigenvalue weighted by Crippen LogP contribution is -2.37. The van der Waals surface area contributed by atoms with Crippen molar-refractivity contribution in [1.82, 2.24) is 5.32 Å². The summed E-state index contributed by atoms with van der Waals surface area (Å²) in [5.74, 6) is 0.120. The second-order valence-electron chi connectivity index (χ2n) is 5.63. The number of rotatable bonds is 4. The summed E-state index contributed by atoms with van der Waals surface area (Å²) in [6.45, 7) is 11.4. The van der Waals surface area contributed by atoms with Gasteiger partial charge in [0.15, 0.2) is 0 Å². The second kappa shape index (κ2) is 6.41. The molecule has 19 heavy (non-hydrogen) atoms. The van der Waals surface area contributed by atoms with Gasteiger partial charge in [-0.25, -0.2) is 4.79 Å². The number of carbonyl (C=O) groups is 1. The summed E-state index contributed by atoms with van der Waals surface area (Å²) >= 11 is 0. The van der Waals surface area contributed by atoms with Crippen molar-refractivity contribution < 1.29 is 9.53 Å². The standard InChI is InChI=1S/C16H23NO2/c1-6-12(2)14(13-10-8-7-9-11-13)17-15(18)19-16(3,4)5/h6-12,14H,1H2,2-5H3,(H,17,18)/t12-,14+/m0/s1. The van der Waals surface area contributed by atoms with Crippen LogP contribution in [0.15, 0.2) is 43.0 Å². The molecule has 0 aromatic heterocycles. The minimum atomic E-state index is -0.497. The Bertz CT molecular complexity index is 420. The Morgan fingerprint density at radius 3 is 2.37 bits per heavy atom. The largest absolute Gasteiger partial charge is 0.444 e. The van der Waals surface area contributed by atoms with Crippen LogP contribution in [-0.4, -0.2) is 11.7 Å². The molecule has 104 valence electrons. The fraction of sp³-hybridized carbons (Fsp3) is 0.438. The van der Waals surface area contributed by atoms with Crippen LogP contribution >= 0.6 is 0 Å². The first kappa shape index (κ1) is 15.3. The maximum atomic E-state index is 11.9. The average molecular weight is 261 g/mol. The summed E-state index contributed by atoms with van der Waals surface area (Å²) in [7, 11) is 0. The Kier molecular flexibility index (Phi) is 5.16. The van der Waals surface area contributed by atoms with Crippen LogP contribution in [-0.2, 0) is 4.74 Å². The lowest BCUT2D eigenvalue weighted by Gasteiger charge is -2.26. The predicted octanol–water partition coefficient (Wildman–Crippen LogP) is 4.07. The minimum absolute atomic E-state index is 0.120. The third-order valence-corrected chi connectivity index (χ3v) is 2.73. The SMILES string of the molecule is C=C[C@H](C)[C@@H](NC(=O)OC(C)(C)C)c1ccccc1. The zero-order chi connectivity index (χ0) is 14.5. The van der Waals surface area contributed by atoms with E-state index in [1.807, 2.05) is 64.1 Å². The van der Waals surface area contributed by atoms with Crippen molar-refractivity contribution >= 4 is 6.09 Å². The highest BCUT2D eigenvalue weighted by Gasteiger charge is 2.23. The first-order valence-electron chi connectivity index (χ1n) is 6.50. The van der Waals surface area contributed by atoms with E-state index in [1.165, 1.54) is 0 Å². The zero-order valence-electron chi connectivity index (χ0n) is 12.1. The molecule has 0 bridgehead atoms. The highest BCUT2D eigenvalue weighted by Crippen LogP contribution is 2.23. The zero-order valence-corrected chi connectivity index (χ0v) is 12.1. The van der Waals surface area contributed by atoms with Gasteiger partial charge in [0.05, 0.1) is 6.04 Å². The molecule has 0 heterocycles. The van der Waals surface area contributed by atoms with Gasteiger partial charge in [-0.15, -0.1) is 6.58 Å². The summed E-state index contributed by atoms with van der Waals surface area (Å²) in [6, 6.07) is 9.70. The molecular formula is C16H23NO2. The topological polar surface area (TPSA) is 38.3 Å². The van der Waals surface area contributed by atoms with Crippen molar-refractivity contribution in [3.63, 3.8) is 0 Å². The van der Waals surface area contributed by atoms with E-state index < -0.39 is 11.7 Å². The number of carbonyl (C=O) groups excluding carboxylic acids is 1. The summed E-state index contributed by atoms with van der Waals surface area (Å²) in [5.41, 5.74) is 0.545. The van der Waals surface area contributed by atoms with Crippen LogP contribution in [0.25, 0.3) is 0 Å². The van der Waals surface area contributed by atoms with Crippen LogP contribution in [0.2, 0.25) is 0 Å². The number of benzene rings is 1. The first-order valence-corrected chi connectivity index (χ1v) is 6.50. The third kappa shape index (κ3) is 5.16. The van der Waals surface area contributed by atoms with E-state index in [1.54, 1.807) is 0 Å². The fourth-order valence-electron chi connectivity index (χ4n) is 1.75. The predicted molar refractivity (Wildman–Crippen MR) is 77.9 cm³/mol. The molecule has 0 spiro atoms. The molecule has 1 rings (SSSR count). The van der Waals surface area contributed by atoms with Crippen molar-refractivity contribution in [2.45, 2.75) is 39.3 Å². The van der Waals surface area contributed by atoms with E-state index in [-0.39, 0.29) is 12.0 Å². The molecule has 0 aliphatic heterocycles. The molecule has 0 saturated heterocycles. The average Bonchev–Trinajstić information content (AvgIpc) is 2.34. The summed E-state index contributed by atoms with van der Waals surface area (Å²) in [4.78, 5) is 11.9. The van der Waals surface area contributed by atoms with Crippen molar-refractivity contribution in [2.75, 3.05) is 0 Å². The molecule has 0 saturated carbocycles. The first-order chi connectivity index (χ1) is 8.83. The van der Waals surface area contributed by atoms with Gasteiger partial charge in [-0.3, -0.25) is 0 Å². The number of ether oxygens (including phenoxy) is 1. The van der Waals surface area contributed by atoms with Crippen LogP contribution in [0.1, 0.15) is 39.3 Å². The van der Waals surface area contributed by atoms with E-state index in [0.29, 0.717) is 0 Å². The Balaban J connectivity index is 2.82. The smallest absolute Gasteiger partial charge is 0.408 e. The van der Waals surface area contributed by atoms with Crippen LogP contribution in [0.4, 0.5) is 4.79 Å². The summed E-state index contributed by atoms with van der Waals surface area (Å²) < 4.78 is 5.30. The molecule has 1 aromatic rings. The van der Waals surface area contributed by atoms with Crippen molar-refractivity contribution in [3.05, 3.63) is 48.6 Å². The fourth-order valence-corrected chi connectivity index (χ4v) is 1.75.